The van der Waals surface area contributed by atoms with E-state index in [1.54, 1.807) is 13.2 Å². The molecule has 0 atom stereocenters. The first-order valence-electron chi connectivity index (χ1n) is 8.91. The number of hydrogen-bond donors (Lipinski definition) is 0. The number of carbonyl (C=O) groups is 1. The fourth-order valence-electron chi connectivity index (χ4n) is 2.23. The van der Waals surface area contributed by atoms with Crippen LogP contribution in [-0.4, -0.2) is 26.3 Å². The maximum Gasteiger partial charge on any atom is 0.331 e. The van der Waals surface area contributed by atoms with Gasteiger partial charge in [0.05, 0.1) is 13.7 Å². The fourth-order valence-corrected chi connectivity index (χ4v) is 2.23. The Labute approximate surface area is 157 Å². The van der Waals surface area contributed by atoms with E-state index in [9.17, 15) is 4.79 Å². The zero-order valence-electron chi connectivity index (χ0n) is 16.5. The Balaban J connectivity index is 2.52. The second-order valence-corrected chi connectivity index (χ2v) is 6.18. The van der Waals surface area contributed by atoms with Crippen LogP contribution in [0.5, 0.6) is 11.5 Å². The Kier molecular flexibility index (Phi) is 9.91. The van der Waals surface area contributed by atoms with Gasteiger partial charge in [0.25, 0.3) is 0 Å². The van der Waals surface area contributed by atoms with Crippen LogP contribution in [0.15, 0.2) is 47.6 Å². The summed E-state index contributed by atoms with van der Waals surface area (Å²) in [5, 5.41) is 0. The monoisotopic (exact) mass is 358 g/mol. The molecule has 4 heteroatoms. The second kappa shape index (κ2) is 12.0. The number of carbonyl (C=O) groups excluding carboxylic acids is 1. The predicted molar refractivity (Wildman–Crippen MR) is 107 cm³/mol. The van der Waals surface area contributed by atoms with E-state index < -0.39 is 0 Å². The number of methoxy groups -OCH3 is 1. The average Bonchev–Trinajstić information content (AvgIpc) is 2.60. The molecule has 142 valence electrons. The summed E-state index contributed by atoms with van der Waals surface area (Å²) >= 11 is 0. The summed E-state index contributed by atoms with van der Waals surface area (Å²) in [5.41, 5.74) is 3.39. The Morgan fingerprint density at radius 1 is 1.12 bits per heavy atom. The molecule has 0 aliphatic heterocycles. The van der Waals surface area contributed by atoms with Gasteiger partial charge in [0, 0.05) is 6.08 Å². The molecule has 0 aliphatic rings. The molecule has 0 N–H and O–H groups in total. The number of ether oxygens (including phenoxy) is 3. The molecular weight excluding hydrogens is 328 g/mol. The van der Waals surface area contributed by atoms with E-state index in [-0.39, 0.29) is 12.6 Å². The molecule has 1 aromatic rings. The third-order valence-electron chi connectivity index (χ3n) is 3.65. The lowest BCUT2D eigenvalue weighted by atomic mass is 10.1. The molecule has 0 saturated heterocycles. The summed E-state index contributed by atoms with van der Waals surface area (Å²) in [6, 6.07) is 5.51. The molecule has 0 aliphatic carbocycles. The standard InChI is InChI=1S/C22H30O4/c1-6-25-21-16-19(10-12-20(21)24-5)11-13-22(23)26-15-14-18(4)9-7-8-17(2)3/h8,10-14,16H,6-7,9,15H2,1-5H3. The maximum atomic E-state index is 11.8. The number of rotatable bonds is 10. The van der Waals surface area contributed by atoms with Gasteiger partial charge in [-0.3, -0.25) is 0 Å². The van der Waals surface area contributed by atoms with Gasteiger partial charge < -0.3 is 14.2 Å². The van der Waals surface area contributed by atoms with E-state index in [4.69, 9.17) is 14.2 Å². The van der Waals surface area contributed by atoms with Gasteiger partial charge in [-0.1, -0.05) is 23.3 Å². The molecule has 4 nitrogen and oxygen atoms in total. The van der Waals surface area contributed by atoms with Crippen molar-refractivity contribution in [2.75, 3.05) is 20.3 Å². The highest BCUT2D eigenvalue weighted by Crippen LogP contribution is 2.28. The number of esters is 1. The average molecular weight is 358 g/mol. The van der Waals surface area contributed by atoms with Gasteiger partial charge in [-0.05, 0) is 70.4 Å². The quantitative estimate of drug-likeness (QED) is 0.322. The van der Waals surface area contributed by atoms with Crippen molar-refractivity contribution in [2.24, 2.45) is 0 Å². The molecule has 0 aromatic heterocycles. The molecule has 1 rings (SSSR count). The minimum atomic E-state index is -0.368. The normalized spacial score (nSPS) is 11.3. The summed E-state index contributed by atoms with van der Waals surface area (Å²) in [7, 11) is 1.60. The van der Waals surface area contributed by atoms with Crippen molar-refractivity contribution in [2.45, 2.75) is 40.5 Å². The third-order valence-corrected chi connectivity index (χ3v) is 3.65. The lowest BCUT2D eigenvalue weighted by molar-refractivity contribution is -0.136. The van der Waals surface area contributed by atoms with Gasteiger partial charge in [0.1, 0.15) is 6.61 Å². The Morgan fingerprint density at radius 2 is 1.88 bits per heavy atom. The van der Waals surface area contributed by atoms with Crippen molar-refractivity contribution in [3.63, 3.8) is 0 Å². The second-order valence-electron chi connectivity index (χ2n) is 6.18. The van der Waals surface area contributed by atoms with Crippen LogP contribution in [0.1, 0.15) is 46.1 Å². The SMILES string of the molecule is CCOc1cc(C=CC(=O)OCC=C(C)CCC=C(C)C)ccc1OC. The van der Waals surface area contributed by atoms with Crippen LogP contribution in [-0.2, 0) is 9.53 Å². The van der Waals surface area contributed by atoms with Crippen LogP contribution in [0.25, 0.3) is 6.08 Å². The highest BCUT2D eigenvalue weighted by molar-refractivity contribution is 5.87. The van der Waals surface area contributed by atoms with Gasteiger partial charge in [0.15, 0.2) is 11.5 Å². The van der Waals surface area contributed by atoms with Crippen molar-refractivity contribution in [3.8, 4) is 11.5 Å². The topological polar surface area (TPSA) is 44.8 Å². The van der Waals surface area contributed by atoms with E-state index in [1.807, 2.05) is 31.2 Å². The van der Waals surface area contributed by atoms with Crippen LogP contribution in [0.3, 0.4) is 0 Å². The smallest absolute Gasteiger partial charge is 0.331 e. The minimum Gasteiger partial charge on any atom is -0.493 e. The van der Waals surface area contributed by atoms with Crippen molar-refractivity contribution < 1.29 is 19.0 Å². The van der Waals surface area contributed by atoms with E-state index in [1.165, 1.54) is 17.2 Å². The largest absolute Gasteiger partial charge is 0.493 e. The van der Waals surface area contributed by atoms with Crippen LogP contribution < -0.4 is 9.47 Å². The van der Waals surface area contributed by atoms with Crippen molar-refractivity contribution >= 4 is 12.0 Å². The molecule has 1 aromatic carbocycles. The van der Waals surface area contributed by atoms with E-state index >= 15 is 0 Å². The molecular formula is C22H30O4. The third kappa shape index (κ3) is 8.56. The molecule has 0 heterocycles. The van der Waals surface area contributed by atoms with Crippen molar-refractivity contribution in [1.82, 2.24) is 0 Å². The lowest BCUT2D eigenvalue weighted by Gasteiger charge is -2.09. The van der Waals surface area contributed by atoms with Crippen LogP contribution in [0.2, 0.25) is 0 Å². The van der Waals surface area contributed by atoms with Gasteiger partial charge in [-0.2, -0.15) is 0 Å². The van der Waals surface area contributed by atoms with E-state index in [2.05, 4.69) is 26.8 Å². The maximum absolute atomic E-state index is 11.8. The number of hydrogen-bond acceptors (Lipinski definition) is 4. The number of allylic oxidation sites excluding steroid dienone is 3. The first-order valence-corrected chi connectivity index (χ1v) is 8.91. The highest BCUT2D eigenvalue weighted by Gasteiger charge is 2.04. The van der Waals surface area contributed by atoms with Gasteiger partial charge in [-0.15, -0.1) is 0 Å². The summed E-state index contributed by atoms with van der Waals surface area (Å²) in [6.07, 6.45) is 9.27. The van der Waals surface area contributed by atoms with Crippen LogP contribution in [0.4, 0.5) is 0 Å². The Bertz CT molecular complexity index is 665. The summed E-state index contributed by atoms with van der Waals surface area (Å²) in [4.78, 5) is 11.8. The van der Waals surface area contributed by atoms with Crippen molar-refractivity contribution in [1.29, 1.82) is 0 Å². The molecule has 0 bridgehead atoms. The van der Waals surface area contributed by atoms with E-state index in [0.29, 0.717) is 18.1 Å². The van der Waals surface area contributed by atoms with Gasteiger partial charge in [-0.25, -0.2) is 4.79 Å². The van der Waals surface area contributed by atoms with E-state index in [0.717, 1.165) is 18.4 Å². The van der Waals surface area contributed by atoms with Crippen LogP contribution >= 0.6 is 0 Å². The summed E-state index contributed by atoms with van der Waals surface area (Å²) < 4.78 is 16.0. The zero-order valence-corrected chi connectivity index (χ0v) is 16.5. The summed E-state index contributed by atoms with van der Waals surface area (Å²) in [6.45, 7) is 8.98. The summed E-state index contributed by atoms with van der Waals surface area (Å²) in [5.74, 6) is 0.952. The highest BCUT2D eigenvalue weighted by atomic mass is 16.5. The molecule has 0 amide bonds. The Hall–Kier alpha value is -2.49. The fraction of sp³-hybridized carbons (Fsp3) is 0.409. The predicted octanol–water partition coefficient (Wildman–Crippen LogP) is 5.34. The lowest BCUT2D eigenvalue weighted by Crippen LogP contribution is -2.00. The van der Waals surface area contributed by atoms with Crippen LogP contribution in [0, 0.1) is 0 Å². The molecule has 26 heavy (non-hydrogen) atoms. The molecule has 0 radical (unpaired) electrons. The molecule has 0 spiro atoms. The van der Waals surface area contributed by atoms with Crippen molar-refractivity contribution in [3.05, 3.63) is 53.1 Å². The Morgan fingerprint density at radius 3 is 2.54 bits per heavy atom. The molecule has 0 fully saturated rings. The zero-order chi connectivity index (χ0) is 19.4. The van der Waals surface area contributed by atoms with Gasteiger partial charge in [0.2, 0.25) is 0 Å². The molecule has 0 unspecified atom stereocenters. The first-order chi connectivity index (χ1) is 12.5. The number of benzene rings is 1. The first kappa shape index (κ1) is 21.6. The van der Waals surface area contributed by atoms with Gasteiger partial charge >= 0.3 is 5.97 Å². The molecule has 0 saturated carbocycles. The minimum absolute atomic E-state index is 0.288.